The smallest absolute Gasteiger partial charge is 0.265 e. The third-order valence-corrected chi connectivity index (χ3v) is 5.96. The number of benzene rings is 2. The number of carbonyl (C=O) groups excluding carboxylic acids is 2. The molecule has 4 aromatic rings. The van der Waals surface area contributed by atoms with Gasteiger partial charge in [0.05, 0.1) is 16.3 Å². The highest BCUT2D eigenvalue weighted by Gasteiger charge is 2.17. The fourth-order valence-electron chi connectivity index (χ4n) is 3.22. The van der Waals surface area contributed by atoms with E-state index in [1.807, 2.05) is 67.9 Å². The van der Waals surface area contributed by atoms with Crippen LogP contribution in [0.25, 0.3) is 15.9 Å². The minimum atomic E-state index is -0.167. The quantitative estimate of drug-likeness (QED) is 0.461. The van der Waals surface area contributed by atoms with E-state index in [2.05, 4.69) is 15.7 Å². The van der Waals surface area contributed by atoms with Crippen LogP contribution in [0.2, 0.25) is 0 Å². The van der Waals surface area contributed by atoms with Gasteiger partial charge in [-0.15, -0.1) is 11.3 Å². The third kappa shape index (κ3) is 3.84. The van der Waals surface area contributed by atoms with Crippen LogP contribution in [0.15, 0.2) is 54.6 Å². The van der Waals surface area contributed by atoms with Gasteiger partial charge in [-0.25, -0.2) is 4.68 Å². The van der Waals surface area contributed by atoms with Crippen LogP contribution in [0.5, 0.6) is 0 Å². The summed E-state index contributed by atoms with van der Waals surface area (Å²) in [4.78, 5) is 26.0. The van der Waals surface area contributed by atoms with Crippen LogP contribution < -0.4 is 10.6 Å². The summed E-state index contributed by atoms with van der Waals surface area (Å²) in [5.74, 6) is -0.206. The monoisotopic (exact) mass is 418 g/mol. The molecule has 0 fully saturated rings. The second-order valence-electron chi connectivity index (χ2n) is 7.05. The van der Waals surface area contributed by atoms with Gasteiger partial charge in [0.2, 0.25) is 5.91 Å². The molecule has 0 unspecified atom stereocenters. The Bertz CT molecular complexity index is 1240. The van der Waals surface area contributed by atoms with Crippen molar-refractivity contribution in [3.8, 4) is 5.69 Å². The van der Waals surface area contributed by atoms with E-state index in [1.165, 1.54) is 11.3 Å². The first-order chi connectivity index (χ1) is 14.5. The first-order valence-corrected chi connectivity index (χ1v) is 10.5. The van der Waals surface area contributed by atoms with E-state index in [-0.39, 0.29) is 11.8 Å². The molecule has 0 spiro atoms. The number of nitrogens with zero attached hydrogens (tertiary/aromatic N) is 2. The van der Waals surface area contributed by atoms with Gasteiger partial charge in [0.1, 0.15) is 4.83 Å². The Morgan fingerprint density at radius 1 is 1.03 bits per heavy atom. The number of nitrogens with one attached hydrogen (secondary N) is 2. The number of amides is 2. The van der Waals surface area contributed by atoms with E-state index >= 15 is 0 Å². The Morgan fingerprint density at radius 2 is 1.80 bits per heavy atom. The van der Waals surface area contributed by atoms with Crippen molar-refractivity contribution >= 4 is 44.7 Å². The molecule has 6 nitrogen and oxygen atoms in total. The standard InChI is InChI=1S/C23H22N4O2S/c1-4-21(28)25-19-11-10-16(12-14(19)2)24-22(29)20-13-18-15(3)26-27(23(18)30-20)17-8-6-5-7-9-17/h5-13H,4H2,1-3H3,(H,24,29)(H,25,28). The molecule has 7 heteroatoms. The summed E-state index contributed by atoms with van der Waals surface area (Å²) in [5, 5.41) is 11.4. The van der Waals surface area contributed by atoms with E-state index in [9.17, 15) is 9.59 Å². The lowest BCUT2D eigenvalue weighted by molar-refractivity contribution is -0.115. The maximum absolute atomic E-state index is 12.9. The summed E-state index contributed by atoms with van der Waals surface area (Å²) in [6.45, 7) is 5.66. The Balaban J connectivity index is 1.58. The van der Waals surface area contributed by atoms with Crippen molar-refractivity contribution in [1.29, 1.82) is 0 Å². The third-order valence-electron chi connectivity index (χ3n) is 4.85. The maximum Gasteiger partial charge on any atom is 0.265 e. The van der Waals surface area contributed by atoms with Crippen LogP contribution in [0.3, 0.4) is 0 Å². The molecule has 4 rings (SSSR count). The van der Waals surface area contributed by atoms with Crippen LogP contribution in [-0.4, -0.2) is 21.6 Å². The number of para-hydroxylation sites is 1. The molecule has 2 N–H and O–H groups in total. The van der Waals surface area contributed by atoms with Crippen molar-refractivity contribution in [1.82, 2.24) is 9.78 Å². The number of hydrogen-bond acceptors (Lipinski definition) is 4. The van der Waals surface area contributed by atoms with Gasteiger partial charge in [-0.05, 0) is 55.8 Å². The predicted molar refractivity (Wildman–Crippen MR) is 122 cm³/mol. The van der Waals surface area contributed by atoms with Crippen molar-refractivity contribution in [3.63, 3.8) is 0 Å². The molecular weight excluding hydrogens is 396 g/mol. The van der Waals surface area contributed by atoms with E-state index in [1.54, 1.807) is 12.1 Å². The molecule has 0 aliphatic carbocycles. The molecule has 30 heavy (non-hydrogen) atoms. The largest absolute Gasteiger partial charge is 0.326 e. The minimum Gasteiger partial charge on any atom is -0.326 e. The Kier molecular flexibility index (Phi) is 5.37. The SMILES string of the molecule is CCC(=O)Nc1ccc(NC(=O)c2cc3c(C)nn(-c4ccccc4)c3s2)cc1C. The van der Waals surface area contributed by atoms with Crippen molar-refractivity contribution in [3.05, 3.63) is 70.7 Å². The highest BCUT2D eigenvalue weighted by molar-refractivity contribution is 7.20. The highest BCUT2D eigenvalue weighted by atomic mass is 32.1. The van der Waals surface area contributed by atoms with Crippen LogP contribution in [-0.2, 0) is 4.79 Å². The summed E-state index contributed by atoms with van der Waals surface area (Å²) in [6, 6.07) is 17.2. The molecular formula is C23H22N4O2S. The van der Waals surface area contributed by atoms with Gasteiger partial charge < -0.3 is 10.6 Å². The number of thiophene rings is 1. The van der Waals surface area contributed by atoms with E-state index < -0.39 is 0 Å². The summed E-state index contributed by atoms with van der Waals surface area (Å²) in [5.41, 5.74) is 4.17. The lowest BCUT2D eigenvalue weighted by Gasteiger charge is -2.10. The van der Waals surface area contributed by atoms with Crippen molar-refractivity contribution in [2.24, 2.45) is 0 Å². The Hall–Kier alpha value is -3.45. The highest BCUT2D eigenvalue weighted by Crippen LogP contribution is 2.31. The normalized spacial score (nSPS) is 10.9. The van der Waals surface area contributed by atoms with Crippen LogP contribution in [0.4, 0.5) is 11.4 Å². The first-order valence-electron chi connectivity index (χ1n) is 9.72. The first kappa shape index (κ1) is 19.8. The number of fused-ring (bicyclic) bond motifs is 1. The number of anilines is 2. The Labute approximate surface area is 178 Å². The van der Waals surface area contributed by atoms with Crippen LogP contribution in [0, 0.1) is 13.8 Å². The van der Waals surface area contributed by atoms with Crippen molar-refractivity contribution in [2.75, 3.05) is 10.6 Å². The molecule has 0 radical (unpaired) electrons. The van der Waals surface area contributed by atoms with Gasteiger partial charge in [0.15, 0.2) is 0 Å². The lowest BCUT2D eigenvalue weighted by Crippen LogP contribution is -2.12. The molecule has 2 heterocycles. The molecule has 0 saturated heterocycles. The van der Waals surface area contributed by atoms with E-state index in [0.717, 1.165) is 32.8 Å². The molecule has 0 bridgehead atoms. The molecule has 2 amide bonds. The second-order valence-corrected chi connectivity index (χ2v) is 8.08. The molecule has 0 aliphatic heterocycles. The zero-order valence-electron chi connectivity index (χ0n) is 17.0. The molecule has 2 aromatic carbocycles. The van der Waals surface area contributed by atoms with Crippen molar-refractivity contribution in [2.45, 2.75) is 27.2 Å². The van der Waals surface area contributed by atoms with Gasteiger partial charge in [-0.3, -0.25) is 9.59 Å². The summed E-state index contributed by atoms with van der Waals surface area (Å²) < 4.78 is 1.88. The van der Waals surface area contributed by atoms with Crippen LogP contribution >= 0.6 is 11.3 Å². The van der Waals surface area contributed by atoms with E-state index in [4.69, 9.17) is 0 Å². The Morgan fingerprint density at radius 3 is 2.50 bits per heavy atom. The molecule has 0 atom stereocenters. The topological polar surface area (TPSA) is 76.0 Å². The van der Waals surface area contributed by atoms with E-state index in [0.29, 0.717) is 17.0 Å². The van der Waals surface area contributed by atoms with Gasteiger partial charge in [0.25, 0.3) is 5.91 Å². The van der Waals surface area contributed by atoms with Gasteiger partial charge in [-0.1, -0.05) is 25.1 Å². The summed E-state index contributed by atoms with van der Waals surface area (Å²) >= 11 is 1.42. The average molecular weight is 419 g/mol. The fraction of sp³-hybridized carbons (Fsp3) is 0.174. The number of aryl methyl sites for hydroxylation is 2. The van der Waals surface area contributed by atoms with Gasteiger partial charge >= 0.3 is 0 Å². The fourth-order valence-corrected chi connectivity index (χ4v) is 4.29. The minimum absolute atomic E-state index is 0.0389. The second kappa shape index (κ2) is 8.12. The van der Waals surface area contributed by atoms with Crippen LogP contribution in [0.1, 0.15) is 34.3 Å². The maximum atomic E-state index is 12.9. The summed E-state index contributed by atoms with van der Waals surface area (Å²) in [7, 11) is 0. The van der Waals surface area contributed by atoms with Gasteiger partial charge in [0, 0.05) is 23.2 Å². The predicted octanol–water partition coefficient (Wildman–Crippen LogP) is 5.30. The molecule has 2 aromatic heterocycles. The molecule has 0 aliphatic rings. The van der Waals surface area contributed by atoms with Crippen molar-refractivity contribution < 1.29 is 9.59 Å². The number of aromatic nitrogens is 2. The number of hydrogen-bond donors (Lipinski definition) is 2. The zero-order chi connectivity index (χ0) is 21.3. The van der Waals surface area contributed by atoms with Gasteiger partial charge in [-0.2, -0.15) is 5.10 Å². The zero-order valence-corrected chi connectivity index (χ0v) is 17.8. The summed E-state index contributed by atoms with van der Waals surface area (Å²) in [6.07, 6.45) is 0.420. The lowest BCUT2D eigenvalue weighted by atomic mass is 10.1. The number of carbonyl (C=O) groups is 2. The molecule has 0 saturated carbocycles. The average Bonchev–Trinajstić information content (AvgIpc) is 3.31. The molecule has 152 valence electrons. The number of rotatable bonds is 5.